The third-order valence-electron chi connectivity index (χ3n) is 3.33. The second kappa shape index (κ2) is 5.13. The molecule has 2 aromatic rings. The molecule has 0 aliphatic heterocycles. The largest absolute Gasteiger partial charge is 0.337 e. The Morgan fingerprint density at radius 3 is 2.42 bits per heavy atom. The van der Waals surface area contributed by atoms with E-state index in [2.05, 4.69) is 42.2 Å². The van der Waals surface area contributed by atoms with Crippen LogP contribution in [0.1, 0.15) is 48.7 Å². The van der Waals surface area contributed by atoms with Crippen LogP contribution in [0.25, 0.3) is 0 Å². The van der Waals surface area contributed by atoms with Gasteiger partial charge in [-0.25, -0.2) is 0 Å². The van der Waals surface area contributed by atoms with Crippen molar-refractivity contribution in [3.05, 3.63) is 46.6 Å². The maximum absolute atomic E-state index is 6.10. The van der Waals surface area contributed by atoms with Gasteiger partial charge in [0.05, 0.1) is 5.54 Å². The summed E-state index contributed by atoms with van der Waals surface area (Å²) in [5.74, 6) is 1.19. The molecule has 0 spiro atoms. The van der Waals surface area contributed by atoms with E-state index in [0.717, 1.165) is 6.42 Å². The molecule has 4 nitrogen and oxygen atoms in total. The van der Waals surface area contributed by atoms with Crippen molar-refractivity contribution in [1.29, 1.82) is 0 Å². The summed E-state index contributed by atoms with van der Waals surface area (Å²) in [6.45, 7) is 8.09. The predicted molar refractivity (Wildman–Crippen MR) is 74.9 cm³/mol. The summed E-state index contributed by atoms with van der Waals surface area (Å²) in [5.41, 5.74) is 9.24. The Kier molecular flexibility index (Phi) is 3.71. The minimum Gasteiger partial charge on any atom is -0.337 e. The highest BCUT2D eigenvalue weighted by Gasteiger charge is 2.26. The Labute approximate surface area is 114 Å². The molecule has 0 amide bonds. The second-order valence-electron chi connectivity index (χ2n) is 5.46. The zero-order chi connectivity index (χ0) is 14.0. The lowest BCUT2D eigenvalue weighted by Crippen LogP contribution is -2.32. The van der Waals surface area contributed by atoms with Gasteiger partial charge in [0.2, 0.25) is 5.89 Å². The number of rotatable bonds is 4. The van der Waals surface area contributed by atoms with E-state index < -0.39 is 5.54 Å². The lowest BCUT2D eigenvalue weighted by Gasteiger charge is -2.16. The molecule has 19 heavy (non-hydrogen) atoms. The van der Waals surface area contributed by atoms with E-state index in [1.807, 2.05) is 13.8 Å². The van der Waals surface area contributed by atoms with Crippen LogP contribution in [-0.2, 0) is 12.0 Å². The molecule has 0 bridgehead atoms. The highest BCUT2D eigenvalue weighted by Crippen LogP contribution is 2.20. The van der Waals surface area contributed by atoms with Gasteiger partial charge < -0.3 is 10.3 Å². The molecule has 1 aromatic carbocycles. The fraction of sp³-hybridized carbons (Fsp3) is 0.467. The fourth-order valence-corrected chi connectivity index (χ4v) is 2.06. The van der Waals surface area contributed by atoms with E-state index in [1.54, 1.807) is 0 Å². The molecular formula is C15H21N3O. The molecular weight excluding hydrogens is 238 g/mol. The summed E-state index contributed by atoms with van der Waals surface area (Å²) in [6, 6.07) is 6.44. The van der Waals surface area contributed by atoms with Gasteiger partial charge in [-0.2, -0.15) is 4.98 Å². The SMILES string of the molecule is CCC(C)(N)c1nc(Cc2cc(C)cc(C)c2)no1. The monoisotopic (exact) mass is 259 g/mol. The van der Waals surface area contributed by atoms with Gasteiger partial charge in [0.15, 0.2) is 5.82 Å². The summed E-state index contributed by atoms with van der Waals surface area (Å²) in [5, 5.41) is 4.02. The van der Waals surface area contributed by atoms with Crippen molar-refractivity contribution in [2.24, 2.45) is 5.73 Å². The van der Waals surface area contributed by atoms with Gasteiger partial charge in [-0.3, -0.25) is 0 Å². The van der Waals surface area contributed by atoms with Gasteiger partial charge in [-0.05, 0) is 32.8 Å². The first-order valence-corrected chi connectivity index (χ1v) is 6.60. The van der Waals surface area contributed by atoms with Crippen LogP contribution in [-0.4, -0.2) is 10.1 Å². The van der Waals surface area contributed by atoms with Crippen molar-refractivity contribution in [1.82, 2.24) is 10.1 Å². The van der Waals surface area contributed by atoms with Crippen LogP contribution in [0, 0.1) is 13.8 Å². The smallest absolute Gasteiger partial charge is 0.246 e. The van der Waals surface area contributed by atoms with Crippen molar-refractivity contribution >= 4 is 0 Å². The number of nitrogens with zero attached hydrogens (tertiary/aromatic N) is 2. The van der Waals surface area contributed by atoms with Crippen LogP contribution in [0.5, 0.6) is 0 Å². The van der Waals surface area contributed by atoms with E-state index in [1.165, 1.54) is 16.7 Å². The molecule has 0 aliphatic rings. The van der Waals surface area contributed by atoms with Gasteiger partial charge in [-0.15, -0.1) is 0 Å². The average Bonchev–Trinajstić information content (AvgIpc) is 2.77. The Morgan fingerprint density at radius 2 is 1.84 bits per heavy atom. The van der Waals surface area contributed by atoms with Crippen LogP contribution in [0.15, 0.2) is 22.7 Å². The van der Waals surface area contributed by atoms with Crippen LogP contribution in [0.4, 0.5) is 0 Å². The highest BCUT2D eigenvalue weighted by atomic mass is 16.5. The molecule has 0 fully saturated rings. The number of hydrogen-bond acceptors (Lipinski definition) is 4. The van der Waals surface area contributed by atoms with Crippen LogP contribution in [0.3, 0.4) is 0 Å². The molecule has 2 rings (SSSR count). The van der Waals surface area contributed by atoms with E-state index in [-0.39, 0.29) is 0 Å². The van der Waals surface area contributed by atoms with Crippen molar-refractivity contribution in [2.45, 2.75) is 46.1 Å². The standard InChI is InChI=1S/C15H21N3O/c1-5-15(4,16)14-17-13(18-19-14)9-12-7-10(2)6-11(3)8-12/h6-8H,5,9,16H2,1-4H3. The van der Waals surface area contributed by atoms with Gasteiger partial charge in [0.25, 0.3) is 0 Å². The Balaban J connectivity index is 2.20. The average molecular weight is 259 g/mol. The third-order valence-corrected chi connectivity index (χ3v) is 3.33. The summed E-state index contributed by atoms with van der Waals surface area (Å²) in [6.07, 6.45) is 1.43. The minimum atomic E-state index is -0.548. The maximum Gasteiger partial charge on any atom is 0.246 e. The lowest BCUT2D eigenvalue weighted by molar-refractivity contribution is 0.290. The second-order valence-corrected chi connectivity index (χ2v) is 5.46. The quantitative estimate of drug-likeness (QED) is 0.917. The fourth-order valence-electron chi connectivity index (χ4n) is 2.06. The third kappa shape index (κ3) is 3.20. The van der Waals surface area contributed by atoms with Crippen molar-refractivity contribution in [3.8, 4) is 0 Å². The van der Waals surface area contributed by atoms with Gasteiger partial charge in [0.1, 0.15) is 0 Å². The van der Waals surface area contributed by atoms with Gasteiger partial charge in [-0.1, -0.05) is 41.4 Å². The molecule has 0 radical (unpaired) electrons. The van der Waals surface area contributed by atoms with Crippen molar-refractivity contribution in [2.75, 3.05) is 0 Å². The number of aryl methyl sites for hydroxylation is 2. The zero-order valence-corrected chi connectivity index (χ0v) is 12.0. The molecule has 1 atom stereocenters. The molecule has 0 saturated carbocycles. The molecule has 1 unspecified atom stereocenters. The Hall–Kier alpha value is -1.68. The zero-order valence-electron chi connectivity index (χ0n) is 12.0. The number of nitrogens with two attached hydrogens (primary N) is 1. The van der Waals surface area contributed by atoms with Crippen molar-refractivity contribution in [3.63, 3.8) is 0 Å². The van der Waals surface area contributed by atoms with Crippen molar-refractivity contribution < 1.29 is 4.52 Å². The molecule has 1 aromatic heterocycles. The van der Waals surface area contributed by atoms with E-state index in [0.29, 0.717) is 18.1 Å². The van der Waals surface area contributed by atoms with Crippen LogP contribution >= 0.6 is 0 Å². The first-order valence-electron chi connectivity index (χ1n) is 6.60. The summed E-state index contributed by atoms with van der Waals surface area (Å²) in [7, 11) is 0. The molecule has 4 heteroatoms. The molecule has 0 saturated heterocycles. The minimum absolute atomic E-state index is 0.509. The number of benzene rings is 1. The molecule has 0 aliphatic carbocycles. The molecule has 2 N–H and O–H groups in total. The number of aromatic nitrogens is 2. The van der Waals surface area contributed by atoms with Gasteiger partial charge in [0, 0.05) is 6.42 Å². The van der Waals surface area contributed by atoms with E-state index in [9.17, 15) is 0 Å². The lowest BCUT2D eigenvalue weighted by atomic mass is 10.0. The highest BCUT2D eigenvalue weighted by molar-refractivity contribution is 5.30. The molecule has 1 heterocycles. The summed E-state index contributed by atoms with van der Waals surface area (Å²) >= 11 is 0. The van der Waals surface area contributed by atoms with Gasteiger partial charge >= 0.3 is 0 Å². The predicted octanol–water partition coefficient (Wildman–Crippen LogP) is 2.86. The van der Waals surface area contributed by atoms with Crippen LogP contribution < -0.4 is 5.73 Å². The maximum atomic E-state index is 6.10. The first-order chi connectivity index (χ1) is 8.90. The van der Waals surface area contributed by atoms with Crippen LogP contribution in [0.2, 0.25) is 0 Å². The normalized spacial score (nSPS) is 14.4. The molecule has 102 valence electrons. The number of hydrogen-bond donors (Lipinski definition) is 1. The van der Waals surface area contributed by atoms with E-state index in [4.69, 9.17) is 10.3 Å². The van der Waals surface area contributed by atoms with E-state index >= 15 is 0 Å². The topological polar surface area (TPSA) is 64.9 Å². The Morgan fingerprint density at radius 1 is 1.21 bits per heavy atom. The Bertz CT molecular complexity index is 552. The summed E-state index contributed by atoms with van der Waals surface area (Å²) < 4.78 is 5.27. The first kappa shape index (κ1) is 13.7. The summed E-state index contributed by atoms with van der Waals surface area (Å²) in [4.78, 5) is 4.40.